The van der Waals surface area contributed by atoms with Crippen molar-refractivity contribution < 1.29 is 23.5 Å². The number of rotatable bonds is 6. The van der Waals surface area contributed by atoms with Gasteiger partial charge in [-0.2, -0.15) is 11.8 Å². The summed E-state index contributed by atoms with van der Waals surface area (Å²) >= 11 is 1.85. The van der Waals surface area contributed by atoms with Gasteiger partial charge in [-0.05, 0) is 35.4 Å². The number of aliphatic hydroxyl groups is 1. The van der Waals surface area contributed by atoms with Crippen molar-refractivity contribution in [1.82, 2.24) is 10.2 Å². The van der Waals surface area contributed by atoms with Crippen LogP contribution in [0.1, 0.15) is 17.2 Å². The third-order valence-electron chi connectivity index (χ3n) is 4.72. The number of anilines is 1. The van der Waals surface area contributed by atoms with E-state index in [0.29, 0.717) is 12.1 Å². The van der Waals surface area contributed by atoms with Gasteiger partial charge in [-0.25, -0.2) is 13.6 Å². The van der Waals surface area contributed by atoms with E-state index < -0.39 is 23.8 Å². The summed E-state index contributed by atoms with van der Waals surface area (Å²) in [6.45, 7) is 1.39. The first-order valence-corrected chi connectivity index (χ1v) is 10.7. The van der Waals surface area contributed by atoms with Crippen LogP contribution >= 0.6 is 11.8 Å². The highest BCUT2D eigenvalue weighted by molar-refractivity contribution is 7.99. The lowest BCUT2D eigenvalue weighted by molar-refractivity contribution is -0.130. The molecule has 1 aliphatic heterocycles. The molecule has 3 amide bonds. The van der Waals surface area contributed by atoms with Crippen LogP contribution in [0.3, 0.4) is 0 Å². The molecule has 0 radical (unpaired) electrons. The van der Waals surface area contributed by atoms with Crippen LogP contribution in [0, 0.1) is 11.6 Å². The van der Waals surface area contributed by atoms with E-state index in [1.54, 1.807) is 24.3 Å². The number of nitrogens with one attached hydrogen (secondary N) is 2. The lowest BCUT2D eigenvalue weighted by Gasteiger charge is -2.26. The molecule has 1 fully saturated rings. The van der Waals surface area contributed by atoms with Gasteiger partial charge < -0.3 is 20.6 Å². The Kier molecular flexibility index (Phi) is 7.64. The molecule has 30 heavy (non-hydrogen) atoms. The summed E-state index contributed by atoms with van der Waals surface area (Å²) in [4.78, 5) is 26.2. The predicted octanol–water partition coefficient (Wildman–Crippen LogP) is 2.94. The van der Waals surface area contributed by atoms with E-state index in [4.69, 9.17) is 0 Å². The third-order valence-corrected chi connectivity index (χ3v) is 5.66. The minimum Gasteiger partial charge on any atom is -0.387 e. The van der Waals surface area contributed by atoms with E-state index in [1.165, 1.54) is 6.07 Å². The standard InChI is InChI=1S/C21H23F2N3O3S/c22-17-6-3-15(12-18(17)23)19(27)13-24-21(29)25-16-4-1-14(2-5-16)11-20(28)26-7-9-30-10-8-26/h1-6,12,19,27H,7-11,13H2,(H2,24,25,29). The van der Waals surface area contributed by atoms with Gasteiger partial charge >= 0.3 is 6.03 Å². The summed E-state index contributed by atoms with van der Waals surface area (Å²) < 4.78 is 26.2. The van der Waals surface area contributed by atoms with Crippen LogP contribution in [-0.4, -0.2) is 53.1 Å². The Labute approximate surface area is 177 Å². The largest absolute Gasteiger partial charge is 0.387 e. The van der Waals surface area contributed by atoms with Crippen molar-refractivity contribution in [2.75, 3.05) is 36.5 Å². The Morgan fingerprint density at radius 3 is 2.43 bits per heavy atom. The first kappa shape index (κ1) is 22.0. The molecule has 0 spiro atoms. The van der Waals surface area contributed by atoms with Gasteiger partial charge in [-0.1, -0.05) is 18.2 Å². The van der Waals surface area contributed by atoms with Crippen LogP contribution < -0.4 is 10.6 Å². The molecule has 0 bridgehead atoms. The van der Waals surface area contributed by atoms with Gasteiger partial charge in [-0.15, -0.1) is 0 Å². The number of carbonyl (C=O) groups is 2. The maximum atomic E-state index is 13.2. The molecule has 0 aliphatic carbocycles. The fourth-order valence-electron chi connectivity index (χ4n) is 3.01. The summed E-state index contributed by atoms with van der Waals surface area (Å²) in [5, 5.41) is 15.1. The zero-order chi connectivity index (χ0) is 21.5. The topological polar surface area (TPSA) is 81.7 Å². The summed E-state index contributed by atoms with van der Waals surface area (Å²) in [5.41, 5.74) is 1.55. The normalized spacial score (nSPS) is 14.8. The van der Waals surface area contributed by atoms with Crippen LogP contribution in [0.5, 0.6) is 0 Å². The highest BCUT2D eigenvalue weighted by Gasteiger charge is 2.17. The van der Waals surface area contributed by atoms with Gasteiger partial charge in [0.15, 0.2) is 11.6 Å². The quantitative estimate of drug-likeness (QED) is 0.652. The molecule has 6 nitrogen and oxygen atoms in total. The smallest absolute Gasteiger partial charge is 0.319 e. The first-order chi connectivity index (χ1) is 14.4. The van der Waals surface area contributed by atoms with Crippen molar-refractivity contribution in [2.45, 2.75) is 12.5 Å². The van der Waals surface area contributed by atoms with Gasteiger partial charge in [0, 0.05) is 36.8 Å². The SMILES string of the molecule is O=C(NCC(O)c1ccc(F)c(F)c1)Nc1ccc(CC(=O)N2CCSCC2)cc1. The zero-order valence-electron chi connectivity index (χ0n) is 16.2. The lowest BCUT2D eigenvalue weighted by Crippen LogP contribution is -2.38. The second kappa shape index (κ2) is 10.4. The number of benzene rings is 2. The van der Waals surface area contributed by atoms with Crippen LogP contribution in [0.25, 0.3) is 0 Å². The van der Waals surface area contributed by atoms with E-state index in [9.17, 15) is 23.5 Å². The summed E-state index contributed by atoms with van der Waals surface area (Å²) in [5.74, 6) is -0.0336. The number of carbonyl (C=O) groups excluding carboxylic acids is 2. The van der Waals surface area contributed by atoms with Crippen molar-refractivity contribution in [2.24, 2.45) is 0 Å². The van der Waals surface area contributed by atoms with Crippen molar-refractivity contribution in [3.63, 3.8) is 0 Å². The molecular formula is C21H23F2N3O3S. The molecule has 2 aromatic rings. The average molecular weight is 435 g/mol. The average Bonchev–Trinajstić information content (AvgIpc) is 2.76. The van der Waals surface area contributed by atoms with E-state index in [0.717, 1.165) is 42.3 Å². The molecule has 9 heteroatoms. The highest BCUT2D eigenvalue weighted by Crippen LogP contribution is 2.16. The molecule has 3 rings (SSSR count). The Morgan fingerprint density at radius 1 is 1.07 bits per heavy atom. The highest BCUT2D eigenvalue weighted by atomic mass is 32.2. The number of urea groups is 1. The van der Waals surface area contributed by atoms with Gasteiger partial charge in [-0.3, -0.25) is 4.79 Å². The maximum absolute atomic E-state index is 13.2. The Bertz CT molecular complexity index is 890. The number of hydrogen-bond donors (Lipinski definition) is 3. The molecule has 1 saturated heterocycles. The number of amides is 3. The minimum atomic E-state index is -1.17. The molecule has 160 valence electrons. The molecular weight excluding hydrogens is 412 g/mol. The van der Waals surface area contributed by atoms with E-state index >= 15 is 0 Å². The maximum Gasteiger partial charge on any atom is 0.319 e. The fraction of sp³-hybridized carbons (Fsp3) is 0.333. The molecule has 1 unspecified atom stereocenters. The molecule has 1 atom stereocenters. The molecule has 2 aromatic carbocycles. The van der Waals surface area contributed by atoms with Crippen LogP contribution in [-0.2, 0) is 11.2 Å². The van der Waals surface area contributed by atoms with Gasteiger partial charge in [0.1, 0.15) is 0 Å². The summed E-state index contributed by atoms with van der Waals surface area (Å²) in [7, 11) is 0. The Morgan fingerprint density at radius 2 is 1.77 bits per heavy atom. The second-order valence-corrected chi connectivity index (χ2v) is 8.12. The van der Waals surface area contributed by atoms with Crippen LogP contribution in [0.4, 0.5) is 19.3 Å². The number of halogens is 2. The molecule has 0 aromatic heterocycles. The second-order valence-electron chi connectivity index (χ2n) is 6.89. The summed E-state index contributed by atoms with van der Waals surface area (Å²) in [6, 6.07) is 9.47. The monoisotopic (exact) mass is 435 g/mol. The van der Waals surface area contributed by atoms with Gasteiger partial charge in [0.25, 0.3) is 0 Å². The summed E-state index contributed by atoms with van der Waals surface area (Å²) in [6.07, 6.45) is -0.857. The van der Waals surface area contributed by atoms with Crippen molar-refractivity contribution in [3.8, 4) is 0 Å². The lowest BCUT2D eigenvalue weighted by atomic mass is 10.1. The molecule has 1 heterocycles. The number of thioether (sulfide) groups is 1. The predicted molar refractivity (Wildman–Crippen MR) is 112 cm³/mol. The molecule has 3 N–H and O–H groups in total. The Hall–Kier alpha value is -2.65. The van der Waals surface area contributed by atoms with Gasteiger partial charge in [0.2, 0.25) is 5.91 Å². The fourth-order valence-corrected chi connectivity index (χ4v) is 3.91. The third kappa shape index (κ3) is 6.17. The number of hydrogen-bond acceptors (Lipinski definition) is 4. The van der Waals surface area contributed by atoms with Crippen molar-refractivity contribution >= 4 is 29.4 Å². The first-order valence-electron chi connectivity index (χ1n) is 9.54. The zero-order valence-corrected chi connectivity index (χ0v) is 17.1. The minimum absolute atomic E-state index is 0.0972. The van der Waals surface area contributed by atoms with Crippen LogP contribution in [0.15, 0.2) is 42.5 Å². The Balaban J connectivity index is 1.45. The number of aliphatic hydroxyl groups excluding tert-OH is 1. The van der Waals surface area contributed by atoms with Crippen molar-refractivity contribution in [1.29, 1.82) is 0 Å². The molecule has 1 aliphatic rings. The van der Waals surface area contributed by atoms with Gasteiger partial charge in [0.05, 0.1) is 12.5 Å². The van der Waals surface area contributed by atoms with E-state index in [2.05, 4.69) is 10.6 Å². The van der Waals surface area contributed by atoms with Crippen molar-refractivity contribution in [3.05, 3.63) is 65.2 Å². The van der Waals surface area contributed by atoms with E-state index in [1.807, 2.05) is 16.7 Å². The van der Waals surface area contributed by atoms with E-state index in [-0.39, 0.29) is 18.0 Å². The van der Waals surface area contributed by atoms with Crippen LogP contribution in [0.2, 0.25) is 0 Å². The number of nitrogens with zero attached hydrogens (tertiary/aromatic N) is 1. The molecule has 0 saturated carbocycles.